The standard InChI is InChI=1S/C8H5BrCl2O3/c9-7(8(12)13)14-6-2-4(10)1-5(11)3-6/h1-3,7H,(H,12,13). The zero-order chi connectivity index (χ0) is 10.7. The molecule has 0 saturated carbocycles. The molecule has 0 bridgehead atoms. The van der Waals surface area contributed by atoms with Gasteiger partial charge in [-0.25, -0.2) is 4.79 Å². The first-order valence-corrected chi connectivity index (χ1v) is 5.16. The molecule has 1 rings (SSSR count). The molecule has 1 aromatic carbocycles. The van der Waals surface area contributed by atoms with Gasteiger partial charge in [-0.3, -0.25) is 0 Å². The molecule has 0 fully saturated rings. The summed E-state index contributed by atoms with van der Waals surface area (Å²) in [5.74, 6) is -0.826. The van der Waals surface area contributed by atoms with Crippen molar-refractivity contribution in [3.63, 3.8) is 0 Å². The summed E-state index contributed by atoms with van der Waals surface area (Å²) in [5, 5.41) is 8.20. The predicted molar refractivity (Wildman–Crippen MR) is 57.4 cm³/mol. The first kappa shape index (κ1) is 11.6. The summed E-state index contributed by atoms with van der Waals surface area (Å²) >= 11 is 14.2. The first-order chi connectivity index (χ1) is 6.49. The van der Waals surface area contributed by atoms with Crippen LogP contribution in [0.4, 0.5) is 0 Å². The third-order valence-corrected chi connectivity index (χ3v) is 2.28. The van der Waals surface area contributed by atoms with E-state index in [1.54, 1.807) is 0 Å². The Kier molecular flexibility index (Phi) is 4.04. The fourth-order valence-electron chi connectivity index (χ4n) is 0.766. The lowest BCUT2D eigenvalue weighted by molar-refractivity contribution is -0.140. The van der Waals surface area contributed by atoms with E-state index in [1.807, 2.05) is 0 Å². The molecule has 1 aromatic rings. The summed E-state index contributed by atoms with van der Waals surface area (Å²) in [6.45, 7) is 0. The van der Waals surface area contributed by atoms with Crippen molar-refractivity contribution in [1.82, 2.24) is 0 Å². The van der Waals surface area contributed by atoms with Gasteiger partial charge in [0.05, 0.1) is 0 Å². The average molecular weight is 300 g/mol. The highest BCUT2D eigenvalue weighted by Crippen LogP contribution is 2.25. The molecule has 0 aliphatic rings. The van der Waals surface area contributed by atoms with Crippen molar-refractivity contribution in [2.75, 3.05) is 0 Å². The quantitative estimate of drug-likeness (QED) is 0.872. The Morgan fingerprint density at radius 1 is 1.36 bits per heavy atom. The maximum Gasteiger partial charge on any atom is 0.356 e. The number of rotatable bonds is 3. The van der Waals surface area contributed by atoms with Crippen LogP contribution in [0.1, 0.15) is 0 Å². The van der Waals surface area contributed by atoms with Crippen LogP contribution in [0.15, 0.2) is 18.2 Å². The number of hydrogen-bond acceptors (Lipinski definition) is 2. The van der Waals surface area contributed by atoms with Crippen molar-refractivity contribution in [2.45, 2.75) is 5.01 Å². The highest BCUT2D eigenvalue weighted by Gasteiger charge is 2.14. The molecule has 0 heterocycles. The molecule has 0 aliphatic heterocycles. The molecular weight excluding hydrogens is 295 g/mol. The summed E-state index contributed by atoms with van der Waals surface area (Å²) in [4.78, 5) is 10.4. The number of halogens is 3. The Morgan fingerprint density at radius 2 is 1.86 bits per heavy atom. The number of benzene rings is 1. The van der Waals surface area contributed by atoms with Crippen molar-refractivity contribution in [2.24, 2.45) is 0 Å². The van der Waals surface area contributed by atoms with Crippen LogP contribution in [0, 0.1) is 0 Å². The van der Waals surface area contributed by atoms with E-state index < -0.39 is 11.0 Å². The third-order valence-electron chi connectivity index (χ3n) is 1.27. The minimum atomic E-state index is -1.12. The number of carbonyl (C=O) groups is 1. The Bertz CT molecular complexity index is 336. The number of carboxylic acids is 1. The SMILES string of the molecule is O=C(O)C(Br)Oc1cc(Cl)cc(Cl)c1. The van der Waals surface area contributed by atoms with Crippen LogP contribution in [-0.2, 0) is 4.79 Å². The molecule has 0 radical (unpaired) electrons. The van der Waals surface area contributed by atoms with Gasteiger partial charge in [-0.2, -0.15) is 0 Å². The van der Waals surface area contributed by atoms with Crippen molar-refractivity contribution in [3.05, 3.63) is 28.2 Å². The molecule has 0 aliphatic carbocycles. The molecule has 0 saturated heterocycles. The van der Waals surface area contributed by atoms with E-state index in [-0.39, 0.29) is 0 Å². The first-order valence-electron chi connectivity index (χ1n) is 3.48. The van der Waals surface area contributed by atoms with Crippen LogP contribution >= 0.6 is 39.1 Å². The molecular formula is C8H5BrCl2O3. The zero-order valence-corrected chi connectivity index (χ0v) is 9.80. The highest BCUT2D eigenvalue weighted by atomic mass is 79.9. The topological polar surface area (TPSA) is 46.5 Å². The normalized spacial score (nSPS) is 12.2. The minimum Gasteiger partial charge on any atom is -0.478 e. The van der Waals surface area contributed by atoms with Gasteiger partial charge in [0.25, 0.3) is 0 Å². The van der Waals surface area contributed by atoms with Gasteiger partial charge < -0.3 is 9.84 Å². The molecule has 0 spiro atoms. The summed E-state index contributed by atoms with van der Waals surface area (Å²) in [5.41, 5.74) is 0. The average Bonchev–Trinajstić information content (AvgIpc) is 2.01. The van der Waals surface area contributed by atoms with Gasteiger partial charge in [0.15, 0.2) is 0 Å². The lowest BCUT2D eigenvalue weighted by Crippen LogP contribution is -2.19. The zero-order valence-electron chi connectivity index (χ0n) is 6.71. The molecule has 14 heavy (non-hydrogen) atoms. The number of hydrogen-bond donors (Lipinski definition) is 1. The maximum atomic E-state index is 10.4. The number of alkyl halides is 1. The number of carboxylic acid groups (broad SMARTS) is 1. The van der Waals surface area contributed by atoms with Crippen LogP contribution < -0.4 is 4.74 Å². The Labute approximate surface area is 98.7 Å². The van der Waals surface area contributed by atoms with Crippen LogP contribution in [0.25, 0.3) is 0 Å². The van der Waals surface area contributed by atoms with Crippen molar-refractivity contribution in [1.29, 1.82) is 0 Å². The predicted octanol–water partition coefficient (Wildman–Crippen LogP) is 3.18. The van der Waals surface area contributed by atoms with Gasteiger partial charge in [0.2, 0.25) is 5.01 Å². The Hall–Kier alpha value is -0.450. The molecule has 76 valence electrons. The van der Waals surface area contributed by atoms with Crippen molar-refractivity contribution >= 4 is 45.1 Å². The van der Waals surface area contributed by atoms with Crippen LogP contribution in [0.2, 0.25) is 10.0 Å². The lowest BCUT2D eigenvalue weighted by Gasteiger charge is -2.09. The molecule has 6 heteroatoms. The summed E-state index contributed by atoms with van der Waals surface area (Å²) in [6.07, 6.45) is 0. The van der Waals surface area contributed by atoms with E-state index in [2.05, 4.69) is 15.9 Å². The van der Waals surface area contributed by atoms with Crippen molar-refractivity contribution in [3.8, 4) is 5.75 Å². The van der Waals surface area contributed by atoms with Gasteiger partial charge in [-0.05, 0) is 34.1 Å². The monoisotopic (exact) mass is 298 g/mol. The van der Waals surface area contributed by atoms with Crippen LogP contribution in [0.3, 0.4) is 0 Å². The van der Waals surface area contributed by atoms with Crippen molar-refractivity contribution < 1.29 is 14.6 Å². The van der Waals surface area contributed by atoms with E-state index in [4.69, 9.17) is 33.0 Å². The van der Waals surface area contributed by atoms with Crippen LogP contribution in [-0.4, -0.2) is 16.1 Å². The number of aliphatic carboxylic acids is 1. The summed E-state index contributed by atoms with van der Waals surface area (Å²) in [6, 6.07) is 4.48. The highest BCUT2D eigenvalue weighted by molar-refractivity contribution is 9.09. The smallest absolute Gasteiger partial charge is 0.356 e. The van der Waals surface area contributed by atoms with E-state index in [9.17, 15) is 4.79 Å². The number of ether oxygens (including phenoxy) is 1. The van der Waals surface area contributed by atoms with E-state index >= 15 is 0 Å². The minimum absolute atomic E-state index is 0.298. The maximum absolute atomic E-state index is 10.4. The molecule has 0 aromatic heterocycles. The molecule has 3 nitrogen and oxygen atoms in total. The largest absolute Gasteiger partial charge is 0.478 e. The fraction of sp³-hybridized carbons (Fsp3) is 0.125. The summed E-state index contributed by atoms with van der Waals surface area (Å²) < 4.78 is 4.99. The Balaban J connectivity index is 2.81. The Morgan fingerprint density at radius 3 is 2.29 bits per heavy atom. The van der Waals surface area contributed by atoms with E-state index in [0.29, 0.717) is 15.8 Å². The fourth-order valence-corrected chi connectivity index (χ4v) is 1.49. The summed E-state index contributed by atoms with van der Waals surface area (Å²) in [7, 11) is 0. The van der Waals surface area contributed by atoms with E-state index in [0.717, 1.165) is 0 Å². The third kappa shape index (κ3) is 3.36. The van der Waals surface area contributed by atoms with Gasteiger partial charge in [-0.15, -0.1) is 0 Å². The van der Waals surface area contributed by atoms with Gasteiger partial charge >= 0.3 is 5.97 Å². The van der Waals surface area contributed by atoms with E-state index in [1.165, 1.54) is 18.2 Å². The second kappa shape index (κ2) is 4.87. The van der Waals surface area contributed by atoms with Gasteiger partial charge in [0.1, 0.15) is 5.75 Å². The second-order valence-corrected chi connectivity index (χ2v) is 4.08. The van der Waals surface area contributed by atoms with Gasteiger partial charge in [-0.1, -0.05) is 23.2 Å². The molecule has 1 unspecified atom stereocenters. The molecule has 0 amide bonds. The molecule has 1 atom stereocenters. The van der Waals surface area contributed by atoms with Gasteiger partial charge in [0, 0.05) is 10.0 Å². The lowest BCUT2D eigenvalue weighted by atomic mass is 10.3. The van der Waals surface area contributed by atoms with Crippen LogP contribution in [0.5, 0.6) is 5.75 Å². The molecule has 1 N–H and O–H groups in total. The second-order valence-electron chi connectivity index (χ2n) is 2.38.